The van der Waals surface area contributed by atoms with E-state index in [4.69, 9.17) is 5.73 Å². The van der Waals surface area contributed by atoms with E-state index in [-0.39, 0.29) is 17.9 Å². The molecule has 0 bridgehead atoms. The SMILES string of the molecule is CCCC(CCC)N1C(=O)c2cccc(N)c2C1=O. The normalized spacial score (nSPS) is 14.4. The zero-order valence-electron chi connectivity index (χ0n) is 11.5. The Morgan fingerprint density at radius 3 is 2.26 bits per heavy atom. The minimum atomic E-state index is -0.231. The molecule has 1 heterocycles. The Balaban J connectivity index is 2.38. The van der Waals surface area contributed by atoms with Crippen LogP contribution in [0.3, 0.4) is 0 Å². The Bertz CT molecular complexity index is 505. The Labute approximate surface area is 113 Å². The number of anilines is 1. The van der Waals surface area contributed by atoms with Crippen molar-refractivity contribution in [2.24, 2.45) is 0 Å². The summed E-state index contributed by atoms with van der Waals surface area (Å²) in [6.07, 6.45) is 3.60. The number of nitrogens with zero attached hydrogens (tertiary/aromatic N) is 1. The van der Waals surface area contributed by atoms with Gasteiger partial charge in [-0.15, -0.1) is 0 Å². The molecule has 0 saturated heterocycles. The topological polar surface area (TPSA) is 63.4 Å². The van der Waals surface area contributed by atoms with E-state index in [1.807, 2.05) is 0 Å². The average molecular weight is 260 g/mol. The number of nitrogens with two attached hydrogens (primary N) is 1. The summed E-state index contributed by atoms with van der Waals surface area (Å²) in [5.74, 6) is -0.427. The van der Waals surface area contributed by atoms with Gasteiger partial charge in [-0.1, -0.05) is 32.8 Å². The minimum Gasteiger partial charge on any atom is -0.398 e. The van der Waals surface area contributed by atoms with Crippen molar-refractivity contribution in [2.45, 2.75) is 45.6 Å². The van der Waals surface area contributed by atoms with Crippen LogP contribution in [0.1, 0.15) is 60.2 Å². The summed E-state index contributed by atoms with van der Waals surface area (Å²) in [4.78, 5) is 26.3. The molecule has 4 nitrogen and oxygen atoms in total. The van der Waals surface area contributed by atoms with E-state index in [0.29, 0.717) is 16.8 Å². The van der Waals surface area contributed by atoms with E-state index in [1.54, 1.807) is 18.2 Å². The first-order chi connectivity index (χ1) is 9.11. The van der Waals surface area contributed by atoms with E-state index < -0.39 is 0 Å². The number of hydrogen-bond acceptors (Lipinski definition) is 3. The fourth-order valence-electron chi connectivity index (χ4n) is 2.73. The van der Waals surface area contributed by atoms with Gasteiger partial charge in [-0.05, 0) is 25.0 Å². The highest BCUT2D eigenvalue weighted by Crippen LogP contribution is 2.31. The fraction of sp³-hybridized carbons (Fsp3) is 0.467. The van der Waals surface area contributed by atoms with Crippen molar-refractivity contribution in [1.82, 2.24) is 4.90 Å². The number of benzene rings is 1. The quantitative estimate of drug-likeness (QED) is 0.654. The van der Waals surface area contributed by atoms with E-state index in [1.165, 1.54) is 4.90 Å². The van der Waals surface area contributed by atoms with Crippen LogP contribution < -0.4 is 5.73 Å². The lowest BCUT2D eigenvalue weighted by molar-refractivity contribution is 0.0567. The lowest BCUT2D eigenvalue weighted by Crippen LogP contribution is -2.39. The summed E-state index contributed by atoms with van der Waals surface area (Å²) in [7, 11) is 0. The highest BCUT2D eigenvalue weighted by Gasteiger charge is 2.40. The van der Waals surface area contributed by atoms with Gasteiger partial charge in [0.25, 0.3) is 11.8 Å². The molecule has 1 aliphatic rings. The van der Waals surface area contributed by atoms with Gasteiger partial charge in [-0.25, -0.2) is 0 Å². The third-order valence-electron chi connectivity index (χ3n) is 3.59. The second-order valence-corrected chi connectivity index (χ2v) is 4.98. The lowest BCUT2D eigenvalue weighted by atomic mass is 10.1. The molecule has 0 saturated carbocycles. The molecular weight excluding hydrogens is 240 g/mol. The summed E-state index contributed by atoms with van der Waals surface area (Å²) in [6, 6.07) is 5.06. The highest BCUT2D eigenvalue weighted by molar-refractivity contribution is 6.23. The van der Waals surface area contributed by atoms with Crippen LogP contribution in [-0.2, 0) is 0 Å². The van der Waals surface area contributed by atoms with Crippen molar-refractivity contribution in [3.05, 3.63) is 29.3 Å². The Hall–Kier alpha value is -1.84. The monoisotopic (exact) mass is 260 g/mol. The molecule has 1 aromatic rings. The number of hydrogen-bond donors (Lipinski definition) is 1. The van der Waals surface area contributed by atoms with Crippen molar-refractivity contribution < 1.29 is 9.59 Å². The third-order valence-corrected chi connectivity index (χ3v) is 3.59. The van der Waals surface area contributed by atoms with Gasteiger partial charge < -0.3 is 5.73 Å². The summed E-state index contributed by atoms with van der Waals surface area (Å²) in [6.45, 7) is 4.13. The number of amides is 2. The fourth-order valence-corrected chi connectivity index (χ4v) is 2.73. The molecule has 2 rings (SSSR count). The molecule has 2 amide bonds. The maximum atomic E-state index is 12.4. The van der Waals surface area contributed by atoms with Crippen LogP contribution in [-0.4, -0.2) is 22.8 Å². The molecule has 0 spiro atoms. The first-order valence-electron chi connectivity index (χ1n) is 6.88. The van der Waals surface area contributed by atoms with Crippen LogP contribution in [0.25, 0.3) is 0 Å². The minimum absolute atomic E-state index is 0.0122. The number of fused-ring (bicyclic) bond motifs is 1. The molecule has 19 heavy (non-hydrogen) atoms. The van der Waals surface area contributed by atoms with E-state index in [2.05, 4.69) is 13.8 Å². The predicted octanol–water partition coefficient (Wildman–Crippen LogP) is 2.83. The van der Waals surface area contributed by atoms with Gasteiger partial charge in [0, 0.05) is 11.7 Å². The maximum Gasteiger partial charge on any atom is 0.263 e. The molecule has 1 aromatic carbocycles. The number of carbonyl (C=O) groups is 2. The van der Waals surface area contributed by atoms with Crippen molar-refractivity contribution in [1.29, 1.82) is 0 Å². The van der Waals surface area contributed by atoms with E-state index in [0.717, 1.165) is 25.7 Å². The molecule has 0 fully saturated rings. The van der Waals surface area contributed by atoms with Crippen LogP contribution in [0, 0.1) is 0 Å². The van der Waals surface area contributed by atoms with Crippen LogP contribution in [0.5, 0.6) is 0 Å². The van der Waals surface area contributed by atoms with Crippen LogP contribution >= 0.6 is 0 Å². The first-order valence-corrected chi connectivity index (χ1v) is 6.88. The predicted molar refractivity (Wildman–Crippen MR) is 75.0 cm³/mol. The molecule has 0 aliphatic carbocycles. The van der Waals surface area contributed by atoms with Gasteiger partial charge in [-0.3, -0.25) is 14.5 Å². The second-order valence-electron chi connectivity index (χ2n) is 4.98. The number of nitrogen functional groups attached to an aromatic ring is 1. The molecule has 0 aromatic heterocycles. The maximum absolute atomic E-state index is 12.4. The van der Waals surface area contributed by atoms with E-state index in [9.17, 15) is 9.59 Å². The molecular formula is C15H20N2O2. The zero-order chi connectivity index (χ0) is 14.0. The molecule has 4 heteroatoms. The molecule has 0 radical (unpaired) electrons. The molecule has 2 N–H and O–H groups in total. The summed E-state index contributed by atoms with van der Waals surface area (Å²) in [5, 5.41) is 0. The lowest BCUT2D eigenvalue weighted by Gasteiger charge is -2.25. The van der Waals surface area contributed by atoms with E-state index >= 15 is 0 Å². The van der Waals surface area contributed by atoms with Crippen LogP contribution in [0.4, 0.5) is 5.69 Å². The van der Waals surface area contributed by atoms with Gasteiger partial charge >= 0.3 is 0 Å². The van der Waals surface area contributed by atoms with Gasteiger partial charge in [0.1, 0.15) is 0 Å². The molecule has 1 aliphatic heterocycles. The first kappa shape index (κ1) is 13.6. The zero-order valence-corrected chi connectivity index (χ0v) is 11.5. The standard InChI is InChI=1S/C15H20N2O2/c1-3-6-10(7-4-2)17-14(18)11-8-5-9-12(16)13(11)15(17)19/h5,8-10H,3-4,6-7,16H2,1-2H3. The number of rotatable bonds is 5. The molecule has 102 valence electrons. The van der Waals surface area contributed by atoms with Crippen molar-refractivity contribution in [2.75, 3.05) is 5.73 Å². The van der Waals surface area contributed by atoms with Gasteiger partial charge in [-0.2, -0.15) is 0 Å². The largest absolute Gasteiger partial charge is 0.398 e. The number of imide groups is 1. The highest BCUT2D eigenvalue weighted by atomic mass is 16.2. The van der Waals surface area contributed by atoms with Crippen LogP contribution in [0.2, 0.25) is 0 Å². The van der Waals surface area contributed by atoms with Crippen molar-refractivity contribution in [3.63, 3.8) is 0 Å². The molecule has 0 atom stereocenters. The Morgan fingerprint density at radius 2 is 1.74 bits per heavy atom. The number of carbonyl (C=O) groups excluding carboxylic acids is 2. The summed E-state index contributed by atoms with van der Waals surface area (Å²) in [5.41, 5.74) is 7.05. The third kappa shape index (κ3) is 2.23. The molecule has 0 unspecified atom stereocenters. The van der Waals surface area contributed by atoms with Gasteiger partial charge in [0.05, 0.1) is 11.1 Å². The van der Waals surface area contributed by atoms with Gasteiger partial charge in [0.2, 0.25) is 0 Å². The van der Waals surface area contributed by atoms with Crippen molar-refractivity contribution >= 4 is 17.5 Å². The average Bonchev–Trinajstić information content (AvgIpc) is 2.63. The van der Waals surface area contributed by atoms with Crippen molar-refractivity contribution in [3.8, 4) is 0 Å². The summed E-state index contributed by atoms with van der Waals surface area (Å²) >= 11 is 0. The Kier molecular flexibility index (Phi) is 3.88. The van der Waals surface area contributed by atoms with Gasteiger partial charge in [0.15, 0.2) is 0 Å². The smallest absolute Gasteiger partial charge is 0.263 e. The Morgan fingerprint density at radius 1 is 1.11 bits per heavy atom. The van der Waals surface area contributed by atoms with Crippen LogP contribution in [0.15, 0.2) is 18.2 Å². The summed E-state index contributed by atoms with van der Waals surface area (Å²) < 4.78 is 0. The second kappa shape index (κ2) is 5.43.